The van der Waals surface area contributed by atoms with E-state index in [0.717, 1.165) is 24.2 Å². The fourth-order valence-corrected chi connectivity index (χ4v) is 3.21. The largest absolute Gasteiger partial charge is 0.340 e. The minimum absolute atomic E-state index is 0.0639. The zero-order valence-corrected chi connectivity index (χ0v) is 17.1. The maximum absolute atomic E-state index is 12.8. The van der Waals surface area contributed by atoms with Crippen LogP contribution in [-0.4, -0.2) is 33.0 Å². The van der Waals surface area contributed by atoms with Crippen molar-refractivity contribution in [2.45, 2.75) is 38.6 Å². The van der Waals surface area contributed by atoms with E-state index in [9.17, 15) is 9.59 Å². The van der Waals surface area contributed by atoms with Crippen LogP contribution in [0.5, 0.6) is 0 Å². The SMILES string of the molecule is CC(C)C(NC(=O)c1ccccc1)C(=O)Nc1ccc(-c2n[nH]c(C3CC3)n2)cc1. The number of nitrogens with one attached hydrogen (secondary N) is 3. The van der Waals surface area contributed by atoms with Crippen LogP contribution < -0.4 is 10.6 Å². The lowest BCUT2D eigenvalue weighted by Gasteiger charge is -2.22. The number of H-pyrrole nitrogens is 1. The number of carbonyl (C=O) groups is 2. The summed E-state index contributed by atoms with van der Waals surface area (Å²) in [7, 11) is 0. The van der Waals surface area contributed by atoms with Gasteiger partial charge in [-0.3, -0.25) is 14.7 Å². The molecule has 3 N–H and O–H groups in total. The first-order chi connectivity index (χ1) is 14.5. The Kier molecular flexibility index (Phi) is 5.61. The van der Waals surface area contributed by atoms with E-state index in [0.29, 0.717) is 23.0 Å². The van der Waals surface area contributed by atoms with E-state index in [1.54, 1.807) is 24.3 Å². The molecular formula is C23H25N5O2. The molecule has 0 bridgehead atoms. The molecule has 1 aliphatic rings. The monoisotopic (exact) mass is 403 g/mol. The smallest absolute Gasteiger partial charge is 0.251 e. The molecule has 1 aromatic heterocycles. The Hall–Kier alpha value is -3.48. The summed E-state index contributed by atoms with van der Waals surface area (Å²) in [6, 6.07) is 15.6. The lowest BCUT2D eigenvalue weighted by molar-refractivity contribution is -0.118. The molecule has 1 unspecified atom stereocenters. The van der Waals surface area contributed by atoms with Crippen LogP contribution in [0, 0.1) is 5.92 Å². The molecule has 4 rings (SSSR count). The second-order valence-corrected chi connectivity index (χ2v) is 7.95. The van der Waals surface area contributed by atoms with Crippen molar-refractivity contribution < 1.29 is 9.59 Å². The lowest BCUT2D eigenvalue weighted by Crippen LogP contribution is -2.47. The third-order valence-electron chi connectivity index (χ3n) is 5.15. The Balaban J connectivity index is 1.41. The Labute approximate surface area is 175 Å². The second kappa shape index (κ2) is 8.49. The number of hydrogen-bond acceptors (Lipinski definition) is 4. The van der Waals surface area contributed by atoms with Crippen LogP contribution in [0.1, 0.15) is 48.8 Å². The lowest BCUT2D eigenvalue weighted by atomic mass is 10.0. The molecule has 3 aromatic rings. The van der Waals surface area contributed by atoms with Crippen molar-refractivity contribution in [3.8, 4) is 11.4 Å². The highest BCUT2D eigenvalue weighted by Crippen LogP contribution is 2.38. The maximum Gasteiger partial charge on any atom is 0.251 e. The van der Waals surface area contributed by atoms with E-state index in [4.69, 9.17) is 0 Å². The van der Waals surface area contributed by atoms with Gasteiger partial charge in [-0.25, -0.2) is 4.98 Å². The summed E-state index contributed by atoms with van der Waals surface area (Å²) in [5.74, 6) is 1.53. The van der Waals surface area contributed by atoms with Gasteiger partial charge in [0.25, 0.3) is 5.91 Å². The molecule has 1 heterocycles. The number of hydrogen-bond donors (Lipinski definition) is 3. The summed E-state index contributed by atoms with van der Waals surface area (Å²) in [6.45, 7) is 3.80. The Morgan fingerprint density at radius 1 is 1.03 bits per heavy atom. The summed E-state index contributed by atoms with van der Waals surface area (Å²) in [6.07, 6.45) is 2.33. The minimum Gasteiger partial charge on any atom is -0.340 e. The summed E-state index contributed by atoms with van der Waals surface area (Å²) in [5.41, 5.74) is 2.06. The molecule has 0 saturated heterocycles. The average molecular weight is 403 g/mol. The number of benzene rings is 2. The summed E-state index contributed by atoms with van der Waals surface area (Å²) >= 11 is 0. The molecule has 7 nitrogen and oxygen atoms in total. The van der Waals surface area contributed by atoms with Gasteiger partial charge in [-0.05, 0) is 55.2 Å². The molecule has 154 valence electrons. The van der Waals surface area contributed by atoms with Crippen LogP contribution in [0.4, 0.5) is 5.69 Å². The normalized spacial score (nSPS) is 14.4. The summed E-state index contributed by atoms with van der Waals surface area (Å²) in [5, 5.41) is 13.0. The van der Waals surface area contributed by atoms with Gasteiger partial charge in [0.1, 0.15) is 11.9 Å². The molecule has 0 spiro atoms. The van der Waals surface area contributed by atoms with Crippen LogP contribution in [0.3, 0.4) is 0 Å². The van der Waals surface area contributed by atoms with E-state index < -0.39 is 6.04 Å². The highest BCUT2D eigenvalue weighted by molar-refractivity contribution is 6.01. The topological polar surface area (TPSA) is 99.8 Å². The molecule has 7 heteroatoms. The maximum atomic E-state index is 12.8. The minimum atomic E-state index is -0.647. The van der Waals surface area contributed by atoms with Gasteiger partial charge >= 0.3 is 0 Å². The van der Waals surface area contributed by atoms with Crippen molar-refractivity contribution in [2.24, 2.45) is 5.92 Å². The van der Waals surface area contributed by atoms with Crippen molar-refractivity contribution in [3.05, 3.63) is 66.0 Å². The van der Waals surface area contributed by atoms with Gasteiger partial charge < -0.3 is 10.6 Å². The van der Waals surface area contributed by atoms with Gasteiger partial charge in [0.2, 0.25) is 5.91 Å². The quantitative estimate of drug-likeness (QED) is 0.559. The standard InChI is InChI=1S/C23H25N5O2/c1-14(2)19(25-22(29)17-6-4-3-5-7-17)23(30)24-18-12-10-16(11-13-18)21-26-20(27-28-21)15-8-9-15/h3-7,10-15,19H,8-9H2,1-2H3,(H,24,30)(H,25,29)(H,26,27,28). The zero-order valence-electron chi connectivity index (χ0n) is 17.1. The molecule has 30 heavy (non-hydrogen) atoms. The molecule has 0 radical (unpaired) electrons. The van der Waals surface area contributed by atoms with E-state index >= 15 is 0 Å². The van der Waals surface area contributed by atoms with Crippen molar-refractivity contribution in [1.82, 2.24) is 20.5 Å². The third kappa shape index (κ3) is 4.56. The number of nitrogens with zero attached hydrogens (tertiary/aromatic N) is 2. The Morgan fingerprint density at radius 2 is 1.73 bits per heavy atom. The molecule has 0 aliphatic heterocycles. The predicted molar refractivity (Wildman–Crippen MR) is 115 cm³/mol. The van der Waals surface area contributed by atoms with E-state index in [-0.39, 0.29) is 17.7 Å². The second-order valence-electron chi connectivity index (χ2n) is 7.95. The van der Waals surface area contributed by atoms with Crippen molar-refractivity contribution in [3.63, 3.8) is 0 Å². The van der Waals surface area contributed by atoms with Crippen molar-refractivity contribution in [1.29, 1.82) is 0 Å². The predicted octanol–water partition coefficient (Wildman–Crippen LogP) is 3.74. The van der Waals surface area contributed by atoms with E-state index in [2.05, 4.69) is 25.8 Å². The molecule has 2 aromatic carbocycles. The molecule has 1 fully saturated rings. The molecule has 1 atom stereocenters. The van der Waals surface area contributed by atoms with Crippen molar-refractivity contribution >= 4 is 17.5 Å². The highest BCUT2D eigenvalue weighted by Gasteiger charge is 2.27. The molecule has 1 aliphatic carbocycles. The third-order valence-corrected chi connectivity index (χ3v) is 5.15. The summed E-state index contributed by atoms with van der Waals surface area (Å²) < 4.78 is 0. The Morgan fingerprint density at radius 3 is 2.37 bits per heavy atom. The van der Waals surface area contributed by atoms with E-state index in [1.165, 1.54) is 0 Å². The highest BCUT2D eigenvalue weighted by atomic mass is 16.2. The number of amides is 2. The number of aromatic amines is 1. The molecule has 1 saturated carbocycles. The number of aromatic nitrogens is 3. The van der Waals surface area contributed by atoms with Gasteiger partial charge in [-0.1, -0.05) is 32.0 Å². The molecular weight excluding hydrogens is 378 g/mol. The fourth-order valence-electron chi connectivity index (χ4n) is 3.21. The van der Waals surface area contributed by atoms with E-state index in [1.807, 2.05) is 44.2 Å². The van der Waals surface area contributed by atoms with Crippen LogP contribution in [-0.2, 0) is 4.79 Å². The van der Waals surface area contributed by atoms with Crippen LogP contribution in [0.15, 0.2) is 54.6 Å². The van der Waals surface area contributed by atoms with Crippen molar-refractivity contribution in [2.75, 3.05) is 5.32 Å². The van der Waals surface area contributed by atoms with Crippen LogP contribution in [0.2, 0.25) is 0 Å². The van der Waals surface area contributed by atoms with Gasteiger partial charge in [-0.15, -0.1) is 0 Å². The fraction of sp³-hybridized carbons (Fsp3) is 0.304. The van der Waals surface area contributed by atoms with Gasteiger partial charge in [0, 0.05) is 22.7 Å². The Bertz CT molecular complexity index is 1020. The first kappa shape index (κ1) is 19.8. The molecule has 2 amide bonds. The van der Waals surface area contributed by atoms with Gasteiger partial charge in [0.05, 0.1) is 0 Å². The number of anilines is 1. The van der Waals surface area contributed by atoms with Gasteiger partial charge in [0.15, 0.2) is 5.82 Å². The first-order valence-corrected chi connectivity index (χ1v) is 10.2. The van der Waals surface area contributed by atoms with Gasteiger partial charge in [-0.2, -0.15) is 5.10 Å². The summed E-state index contributed by atoms with van der Waals surface area (Å²) in [4.78, 5) is 29.8. The first-order valence-electron chi connectivity index (χ1n) is 10.2. The number of rotatable bonds is 7. The van der Waals surface area contributed by atoms with Crippen LogP contribution in [0.25, 0.3) is 11.4 Å². The average Bonchev–Trinajstić information content (AvgIpc) is 3.49. The zero-order chi connectivity index (χ0) is 21.1. The number of carbonyl (C=O) groups excluding carboxylic acids is 2. The van der Waals surface area contributed by atoms with Crippen LogP contribution >= 0.6 is 0 Å².